The Morgan fingerprint density at radius 2 is 2.18 bits per heavy atom. The summed E-state index contributed by atoms with van der Waals surface area (Å²) in [6, 6.07) is 6.00. The van der Waals surface area contributed by atoms with E-state index in [1.54, 1.807) is 12.1 Å². The Morgan fingerprint density at radius 3 is 2.77 bits per heavy atom. The summed E-state index contributed by atoms with van der Waals surface area (Å²) in [5.74, 6) is -0.0731. The van der Waals surface area contributed by atoms with Gasteiger partial charge in [0.15, 0.2) is 0 Å². The first kappa shape index (κ1) is 18.1. The van der Waals surface area contributed by atoms with E-state index in [0.717, 1.165) is 0 Å². The van der Waals surface area contributed by atoms with Gasteiger partial charge in [-0.2, -0.15) is 0 Å². The van der Waals surface area contributed by atoms with Crippen molar-refractivity contribution < 1.29 is 9.18 Å². The third-order valence-corrected chi connectivity index (χ3v) is 2.83. The van der Waals surface area contributed by atoms with Gasteiger partial charge < -0.3 is 11.1 Å². The van der Waals surface area contributed by atoms with Gasteiger partial charge in [-0.05, 0) is 18.2 Å². The zero-order chi connectivity index (χ0) is 15.4. The van der Waals surface area contributed by atoms with Gasteiger partial charge in [0.05, 0.1) is 5.69 Å². The van der Waals surface area contributed by atoms with Crippen molar-refractivity contribution in [3.8, 4) is 5.69 Å². The summed E-state index contributed by atoms with van der Waals surface area (Å²) < 4.78 is 14.9. The van der Waals surface area contributed by atoms with E-state index >= 15 is 0 Å². The molecule has 1 amide bonds. The average molecular weight is 328 g/mol. The lowest BCUT2D eigenvalue weighted by Crippen LogP contribution is -2.29. The number of rotatable bonds is 5. The summed E-state index contributed by atoms with van der Waals surface area (Å²) in [4.78, 5) is 16.2. The number of carbonyl (C=O) groups is 1. The van der Waals surface area contributed by atoms with Crippen molar-refractivity contribution in [2.24, 2.45) is 5.73 Å². The highest BCUT2D eigenvalue weighted by molar-refractivity contribution is 5.90. The number of nitrogens with zero attached hydrogens (tertiary/aromatic N) is 3. The zero-order valence-electron chi connectivity index (χ0n) is 12.4. The summed E-state index contributed by atoms with van der Waals surface area (Å²) in [7, 11) is 0. The number of amides is 1. The maximum atomic E-state index is 13.4. The Kier molecular flexibility index (Phi) is 6.45. The Labute approximate surface area is 134 Å². The largest absolute Gasteiger partial charge is 0.348 e. The summed E-state index contributed by atoms with van der Waals surface area (Å²) in [6.07, 6.45) is 0. The number of halogens is 2. The van der Waals surface area contributed by atoms with Gasteiger partial charge in [0, 0.05) is 19.0 Å². The van der Waals surface area contributed by atoms with Crippen molar-refractivity contribution in [3.05, 3.63) is 41.7 Å². The number of nitrogens with one attached hydrogen (secondary N) is 1. The number of hydrogen-bond donors (Lipinski definition) is 2. The SMILES string of the molecule is CC(C)c1nc(C(=O)NCCN)nn1-c1cccc(F)c1.Cl. The highest BCUT2D eigenvalue weighted by Crippen LogP contribution is 2.18. The predicted octanol–water partition coefficient (Wildman–Crippen LogP) is 1.64. The van der Waals surface area contributed by atoms with E-state index in [0.29, 0.717) is 24.6 Å². The quantitative estimate of drug-likeness (QED) is 0.874. The van der Waals surface area contributed by atoms with Crippen LogP contribution in [-0.4, -0.2) is 33.8 Å². The molecule has 0 saturated heterocycles. The zero-order valence-corrected chi connectivity index (χ0v) is 13.2. The van der Waals surface area contributed by atoms with Crippen LogP contribution in [0, 0.1) is 5.82 Å². The number of hydrogen-bond acceptors (Lipinski definition) is 4. The van der Waals surface area contributed by atoms with Crippen LogP contribution in [0.5, 0.6) is 0 Å². The highest BCUT2D eigenvalue weighted by atomic mass is 35.5. The molecule has 2 aromatic rings. The molecule has 0 aliphatic carbocycles. The van der Waals surface area contributed by atoms with Crippen LogP contribution in [0.1, 0.15) is 36.2 Å². The second kappa shape index (κ2) is 7.86. The molecule has 1 aromatic carbocycles. The second-order valence-corrected chi connectivity index (χ2v) is 4.88. The molecule has 0 radical (unpaired) electrons. The molecule has 0 fully saturated rings. The topological polar surface area (TPSA) is 85.8 Å². The fourth-order valence-electron chi connectivity index (χ4n) is 1.86. The molecule has 0 spiro atoms. The Balaban J connectivity index is 0.00000242. The standard InChI is InChI=1S/C14H18FN5O.ClH/c1-9(2)13-18-12(14(21)17-7-6-16)19-20(13)11-5-3-4-10(15)8-11;/h3-5,8-9H,6-7,16H2,1-2H3,(H,17,21);1H. The molecular weight excluding hydrogens is 309 g/mol. The molecule has 22 heavy (non-hydrogen) atoms. The minimum Gasteiger partial charge on any atom is -0.348 e. The van der Waals surface area contributed by atoms with Crippen molar-refractivity contribution in [1.29, 1.82) is 0 Å². The molecule has 8 heteroatoms. The van der Waals surface area contributed by atoms with Crippen LogP contribution >= 0.6 is 12.4 Å². The van der Waals surface area contributed by atoms with Gasteiger partial charge in [-0.1, -0.05) is 19.9 Å². The Bertz CT molecular complexity index is 644. The van der Waals surface area contributed by atoms with Crippen molar-refractivity contribution in [2.45, 2.75) is 19.8 Å². The van der Waals surface area contributed by atoms with Gasteiger partial charge in [0.1, 0.15) is 11.6 Å². The fraction of sp³-hybridized carbons (Fsp3) is 0.357. The van der Waals surface area contributed by atoms with Gasteiger partial charge in [-0.15, -0.1) is 17.5 Å². The number of nitrogens with two attached hydrogens (primary N) is 1. The first-order valence-corrected chi connectivity index (χ1v) is 6.74. The number of benzene rings is 1. The molecule has 0 saturated carbocycles. The van der Waals surface area contributed by atoms with E-state index in [-0.39, 0.29) is 30.0 Å². The maximum absolute atomic E-state index is 13.4. The monoisotopic (exact) mass is 327 g/mol. The van der Waals surface area contributed by atoms with Crippen LogP contribution in [0.2, 0.25) is 0 Å². The van der Waals surface area contributed by atoms with Crippen molar-refractivity contribution in [2.75, 3.05) is 13.1 Å². The van der Waals surface area contributed by atoms with Gasteiger partial charge in [-0.25, -0.2) is 14.1 Å². The third-order valence-electron chi connectivity index (χ3n) is 2.83. The maximum Gasteiger partial charge on any atom is 0.291 e. The number of carbonyl (C=O) groups excluding carboxylic acids is 1. The molecule has 2 rings (SSSR count). The summed E-state index contributed by atoms with van der Waals surface area (Å²) in [5.41, 5.74) is 5.88. The molecule has 1 aromatic heterocycles. The van der Waals surface area contributed by atoms with Gasteiger partial charge in [0.25, 0.3) is 5.91 Å². The van der Waals surface area contributed by atoms with Crippen molar-refractivity contribution >= 4 is 18.3 Å². The molecule has 0 aliphatic heterocycles. The molecule has 0 aliphatic rings. The lowest BCUT2D eigenvalue weighted by molar-refractivity contribution is 0.0944. The van der Waals surface area contributed by atoms with Crippen LogP contribution in [0.3, 0.4) is 0 Å². The van der Waals surface area contributed by atoms with E-state index < -0.39 is 5.91 Å². The van der Waals surface area contributed by atoms with Crippen molar-refractivity contribution in [3.63, 3.8) is 0 Å². The summed E-state index contributed by atoms with van der Waals surface area (Å²) in [6.45, 7) is 4.56. The lowest BCUT2D eigenvalue weighted by Gasteiger charge is -2.07. The lowest BCUT2D eigenvalue weighted by atomic mass is 10.2. The Hall–Kier alpha value is -1.99. The molecular formula is C14H19ClFN5O. The molecule has 6 nitrogen and oxygen atoms in total. The van der Waals surface area contributed by atoms with Crippen LogP contribution < -0.4 is 11.1 Å². The Morgan fingerprint density at radius 1 is 1.45 bits per heavy atom. The molecule has 120 valence electrons. The summed E-state index contributed by atoms with van der Waals surface area (Å²) in [5, 5.41) is 6.80. The molecule has 0 unspecified atom stereocenters. The van der Waals surface area contributed by atoms with E-state index in [4.69, 9.17) is 5.73 Å². The van der Waals surface area contributed by atoms with E-state index in [1.165, 1.54) is 16.8 Å². The fourth-order valence-corrected chi connectivity index (χ4v) is 1.86. The van der Waals surface area contributed by atoms with Crippen LogP contribution in [0.25, 0.3) is 5.69 Å². The smallest absolute Gasteiger partial charge is 0.291 e. The first-order chi connectivity index (χ1) is 10.0. The van der Waals surface area contributed by atoms with Crippen LogP contribution in [0.15, 0.2) is 24.3 Å². The number of aromatic nitrogens is 3. The van der Waals surface area contributed by atoms with Gasteiger partial charge >= 0.3 is 0 Å². The average Bonchev–Trinajstić information content (AvgIpc) is 2.90. The second-order valence-electron chi connectivity index (χ2n) is 4.88. The van der Waals surface area contributed by atoms with E-state index in [1.807, 2.05) is 13.8 Å². The molecule has 1 heterocycles. The van der Waals surface area contributed by atoms with Crippen LogP contribution in [0.4, 0.5) is 4.39 Å². The summed E-state index contributed by atoms with van der Waals surface area (Å²) >= 11 is 0. The predicted molar refractivity (Wildman–Crippen MR) is 84.0 cm³/mol. The van der Waals surface area contributed by atoms with Crippen molar-refractivity contribution in [1.82, 2.24) is 20.1 Å². The normalized spacial score (nSPS) is 10.4. The minimum atomic E-state index is -0.391. The van der Waals surface area contributed by atoms with E-state index in [2.05, 4.69) is 15.4 Å². The molecule has 0 bridgehead atoms. The van der Waals surface area contributed by atoms with Gasteiger partial charge in [0.2, 0.25) is 5.82 Å². The third kappa shape index (κ3) is 4.02. The van der Waals surface area contributed by atoms with E-state index in [9.17, 15) is 9.18 Å². The molecule has 3 N–H and O–H groups in total. The van der Waals surface area contributed by atoms with Gasteiger partial charge in [-0.3, -0.25) is 4.79 Å². The first-order valence-electron chi connectivity index (χ1n) is 6.74. The molecule has 0 atom stereocenters. The van der Waals surface area contributed by atoms with Crippen LogP contribution in [-0.2, 0) is 0 Å². The highest BCUT2D eigenvalue weighted by Gasteiger charge is 2.19. The minimum absolute atomic E-state index is 0.